The second kappa shape index (κ2) is 8.04. The average molecular weight is 368 g/mol. The molecule has 1 atom stereocenters. The minimum atomic E-state index is -1.06. The molecule has 1 aromatic carbocycles. The van der Waals surface area contributed by atoms with E-state index < -0.39 is 11.9 Å². The van der Waals surface area contributed by atoms with Crippen molar-refractivity contribution in [1.82, 2.24) is 9.78 Å². The molecule has 24 heavy (non-hydrogen) atoms. The molecule has 2 aromatic rings. The molecule has 6 heteroatoms. The number of aliphatic carboxylic acids is 1. The van der Waals surface area contributed by atoms with Crippen molar-refractivity contribution in [2.75, 3.05) is 0 Å². The molecule has 4 nitrogen and oxygen atoms in total. The molecule has 0 radical (unpaired) electrons. The van der Waals surface area contributed by atoms with Crippen molar-refractivity contribution in [3.05, 3.63) is 50.8 Å². The van der Waals surface area contributed by atoms with Gasteiger partial charge in [-0.2, -0.15) is 5.10 Å². The Labute approximate surface area is 152 Å². The number of halogens is 2. The van der Waals surface area contributed by atoms with Gasteiger partial charge in [-0.05, 0) is 36.6 Å². The molecule has 0 aliphatic heterocycles. The van der Waals surface area contributed by atoms with Crippen molar-refractivity contribution in [3.8, 4) is 0 Å². The third-order valence-corrected chi connectivity index (χ3v) is 4.51. The van der Waals surface area contributed by atoms with E-state index >= 15 is 0 Å². The molecule has 0 saturated heterocycles. The summed E-state index contributed by atoms with van der Waals surface area (Å²) < 4.78 is 1.81. The fourth-order valence-corrected chi connectivity index (χ4v) is 3.45. The second-order valence-electron chi connectivity index (χ2n) is 5.94. The van der Waals surface area contributed by atoms with Gasteiger partial charge in [0.1, 0.15) is 0 Å². The first-order chi connectivity index (χ1) is 11.3. The summed E-state index contributed by atoms with van der Waals surface area (Å²) >= 11 is 12.2. The number of aryl methyl sites for hydroxylation is 1. The van der Waals surface area contributed by atoms with Gasteiger partial charge < -0.3 is 9.90 Å². The summed E-state index contributed by atoms with van der Waals surface area (Å²) in [6.45, 7) is 6.04. The highest BCUT2D eigenvalue weighted by Gasteiger charge is 2.18. The van der Waals surface area contributed by atoms with E-state index in [4.69, 9.17) is 23.2 Å². The highest BCUT2D eigenvalue weighted by molar-refractivity contribution is 6.34. The zero-order valence-electron chi connectivity index (χ0n) is 14.1. The van der Waals surface area contributed by atoms with Crippen LogP contribution in [-0.4, -0.2) is 15.7 Å². The predicted octanol–water partition coefficient (Wildman–Crippen LogP) is 3.29. The summed E-state index contributed by atoms with van der Waals surface area (Å²) in [7, 11) is 0. The third kappa shape index (κ3) is 4.31. The van der Waals surface area contributed by atoms with Gasteiger partial charge in [0.2, 0.25) is 0 Å². The lowest BCUT2D eigenvalue weighted by molar-refractivity contribution is -0.311. The monoisotopic (exact) mass is 367 g/mol. The van der Waals surface area contributed by atoms with Crippen molar-refractivity contribution in [2.24, 2.45) is 5.92 Å². The van der Waals surface area contributed by atoms with E-state index in [-0.39, 0.29) is 0 Å². The summed E-state index contributed by atoms with van der Waals surface area (Å²) in [5.74, 6) is -1.65. The van der Waals surface area contributed by atoms with E-state index in [1.807, 2.05) is 26.0 Å². The number of nitrogens with zero attached hydrogens (tertiary/aromatic N) is 2. The maximum Gasteiger partial charge on any atom is 0.0660 e. The first-order valence-electron chi connectivity index (χ1n) is 8.08. The van der Waals surface area contributed by atoms with Crippen LogP contribution in [0.3, 0.4) is 0 Å². The number of carbonyl (C=O) groups excluding carboxylic acids is 1. The van der Waals surface area contributed by atoms with E-state index in [9.17, 15) is 9.90 Å². The molecule has 0 amide bonds. The number of benzene rings is 1. The maximum absolute atomic E-state index is 11.0. The Morgan fingerprint density at radius 1 is 1.21 bits per heavy atom. The molecule has 130 valence electrons. The summed E-state index contributed by atoms with van der Waals surface area (Å²) in [5, 5.41) is 16.9. The van der Waals surface area contributed by atoms with Crippen LogP contribution in [0, 0.1) is 5.92 Å². The van der Waals surface area contributed by atoms with E-state index in [1.54, 1.807) is 17.7 Å². The van der Waals surface area contributed by atoms with Crippen molar-refractivity contribution in [1.29, 1.82) is 0 Å². The second-order valence-corrected chi connectivity index (χ2v) is 6.81. The smallest absolute Gasteiger partial charge is 0.0660 e. The van der Waals surface area contributed by atoms with Crippen LogP contribution in [0.1, 0.15) is 43.3 Å². The fourth-order valence-electron chi connectivity index (χ4n) is 2.87. The molecular weight excluding hydrogens is 347 g/mol. The van der Waals surface area contributed by atoms with Crippen molar-refractivity contribution in [2.45, 2.75) is 46.6 Å². The van der Waals surface area contributed by atoms with Gasteiger partial charge in [0.05, 0.1) is 5.69 Å². The maximum atomic E-state index is 11.0. The predicted molar refractivity (Wildman–Crippen MR) is 94.4 cm³/mol. The minimum Gasteiger partial charge on any atom is -0.550 e. The Hall–Kier alpha value is -1.52. The van der Waals surface area contributed by atoms with Gasteiger partial charge in [-0.25, -0.2) is 0 Å². The van der Waals surface area contributed by atoms with Crippen LogP contribution in [-0.2, 0) is 30.6 Å². The van der Waals surface area contributed by atoms with Crippen LogP contribution in [0.25, 0.3) is 0 Å². The zero-order chi connectivity index (χ0) is 17.9. The number of carboxylic acids is 1. The molecule has 1 aromatic heterocycles. The van der Waals surface area contributed by atoms with E-state index in [2.05, 4.69) is 5.10 Å². The molecule has 0 spiro atoms. The number of hydrogen-bond acceptors (Lipinski definition) is 3. The van der Waals surface area contributed by atoms with Crippen molar-refractivity contribution >= 4 is 29.2 Å². The molecule has 0 bridgehead atoms. The molecule has 2 rings (SSSR count). The van der Waals surface area contributed by atoms with Crippen LogP contribution < -0.4 is 5.11 Å². The Morgan fingerprint density at radius 2 is 1.83 bits per heavy atom. The van der Waals surface area contributed by atoms with Gasteiger partial charge in [-0.1, -0.05) is 44.0 Å². The Kier molecular flexibility index (Phi) is 6.30. The van der Waals surface area contributed by atoms with Gasteiger partial charge in [-0.15, -0.1) is 0 Å². The summed E-state index contributed by atoms with van der Waals surface area (Å²) in [4.78, 5) is 11.0. The molecule has 0 aliphatic carbocycles. The first kappa shape index (κ1) is 18.8. The summed E-state index contributed by atoms with van der Waals surface area (Å²) in [6.07, 6.45) is 2.23. The van der Waals surface area contributed by atoms with Gasteiger partial charge in [-0.3, -0.25) is 4.68 Å². The molecule has 0 N–H and O–H groups in total. The SMILES string of the molecule is CCc1nn(CC(C)C(=O)[O-])c(CC)c1Cc1cc(Cl)cc(Cl)c1. The molecule has 0 saturated carbocycles. The van der Waals surface area contributed by atoms with E-state index in [1.165, 1.54) is 0 Å². The van der Waals surface area contributed by atoms with Crippen molar-refractivity contribution in [3.63, 3.8) is 0 Å². The zero-order valence-corrected chi connectivity index (χ0v) is 15.6. The van der Waals surface area contributed by atoms with E-state index in [0.717, 1.165) is 35.4 Å². The normalized spacial score (nSPS) is 12.4. The summed E-state index contributed by atoms with van der Waals surface area (Å²) in [6, 6.07) is 5.50. The number of hydrogen-bond donors (Lipinski definition) is 0. The summed E-state index contributed by atoms with van der Waals surface area (Å²) in [5.41, 5.74) is 4.18. The first-order valence-corrected chi connectivity index (χ1v) is 8.84. The van der Waals surface area contributed by atoms with Gasteiger partial charge in [0.15, 0.2) is 0 Å². The molecule has 1 unspecified atom stereocenters. The van der Waals surface area contributed by atoms with Crippen LogP contribution >= 0.6 is 23.2 Å². The third-order valence-electron chi connectivity index (χ3n) is 4.07. The molecular formula is C18H21Cl2N2O2-. The number of aromatic nitrogens is 2. The van der Waals surface area contributed by atoms with Crippen molar-refractivity contribution < 1.29 is 9.90 Å². The fraction of sp³-hybridized carbons (Fsp3) is 0.444. The Morgan fingerprint density at radius 3 is 2.33 bits per heavy atom. The lowest BCUT2D eigenvalue weighted by atomic mass is 10.0. The van der Waals surface area contributed by atoms with Crippen LogP contribution in [0.2, 0.25) is 10.0 Å². The number of rotatable bonds is 7. The van der Waals surface area contributed by atoms with Crippen LogP contribution in [0.4, 0.5) is 0 Å². The highest BCUT2D eigenvalue weighted by atomic mass is 35.5. The Bertz CT molecular complexity index is 721. The highest BCUT2D eigenvalue weighted by Crippen LogP contribution is 2.25. The van der Waals surface area contributed by atoms with Crippen LogP contribution in [0.15, 0.2) is 18.2 Å². The molecule has 1 heterocycles. The standard InChI is InChI=1S/C18H22Cl2N2O2/c1-4-16-15(8-12-6-13(19)9-14(20)7-12)17(5-2)22(21-16)10-11(3)18(23)24/h6-7,9,11H,4-5,8,10H2,1-3H3,(H,23,24)/p-1. The number of carbonyl (C=O) groups is 1. The average Bonchev–Trinajstić information content (AvgIpc) is 2.82. The topological polar surface area (TPSA) is 58.0 Å². The van der Waals surface area contributed by atoms with Gasteiger partial charge >= 0.3 is 0 Å². The largest absolute Gasteiger partial charge is 0.550 e. The molecule has 0 fully saturated rings. The van der Waals surface area contributed by atoms with Crippen LogP contribution in [0.5, 0.6) is 0 Å². The Balaban J connectivity index is 2.40. The van der Waals surface area contributed by atoms with Gasteiger partial charge in [0.25, 0.3) is 0 Å². The molecule has 0 aliphatic rings. The minimum absolute atomic E-state index is 0.314. The van der Waals surface area contributed by atoms with E-state index in [0.29, 0.717) is 23.0 Å². The lowest BCUT2D eigenvalue weighted by Gasteiger charge is -2.15. The lowest BCUT2D eigenvalue weighted by Crippen LogP contribution is -2.32. The number of carboxylic acid groups (broad SMARTS) is 1. The quantitative estimate of drug-likeness (QED) is 0.754. The van der Waals surface area contributed by atoms with Gasteiger partial charge in [0, 0.05) is 46.2 Å².